The monoisotopic (exact) mass is 382 g/mol. The summed E-state index contributed by atoms with van der Waals surface area (Å²) in [5.41, 5.74) is -0.185. The lowest BCUT2D eigenvalue weighted by Gasteiger charge is -2.59. The standard InChI is InChI=1S/C21H26N4O3/c1-11(21-7-12-3-13(8-21)5-14(4-12)9-21)23-18(26)15-6-16-17(22-10-15)25(2)20(28)24-19(16)27/h6,10-14H,3-5,7-9H2,1-2H3,(H,23,26)(H,24,27,28)/t11-,12?,13?,14?,21?/m1/s1. The molecule has 0 aliphatic heterocycles. The molecule has 7 nitrogen and oxygen atoms in total. The molecule has 0 radical (unpaired) electrons. The molecule has 4 saturated carbocycles. The maximum absolute atomic E-state index is 12.9. The molecule has 4 aliphatic rings. The zero-order valence-corrected chi connectivity index (χ0v) is 16.3. The third-order valence-electron chi connectivity index (χ3n) is 7.57. The second kappa shape index (κ2) is 6.03. The highest BCUT2D eigenvalue weighted by Crippen LogP contribution is 2.61. The highest BCUT2D eigenvalue weighted by atomic mass is 16.2. The molecule has 4 aliphatic carbocycles. The summed E-state index contributed by atoms with van der Waals surface area (Å²) in [6.07, 6.45) is 9.22. The molecule has 4 fully saturated rings. The molecular formula is C21H26N4O3. The van der Waals surface area contributed by atoms with Crippen molar-refractivity contribution in [2.24, 2.45) is 30.2 Å². The summed E-state index contributed by atoms with van der Waals surface area (Å²) in [6.45, 7) is 2.13. The second-order valence-electron chi connectivity index (χ2n) is 9.39. The largest absolute Gasteiger partial charge is 0.349 e. The topological polar surface area (TPSA) is 96.8 Å². The van der Waals surface area contributed by atoms with Crippen LogP contribution in [0, 0.1) is 23.2 Å². The summed E-state index contributed by atoms with van der Waals surface area (Å²) < 4.78 is 1.27. The van der Waals surface area contributed by atoms with E-state index in [1.54, 1.807) is 7.05 Å². The van der Waals surface area contributed by atoms with E-state index in [4.69, 9.17) is 0 Å². The number of fused-ring (bicyclic) bond motifs is 1. The Hall–Kier alpha value is -2.44. The molecule has 6 rings (SSSR count). The third-order valence-corrected chi connectivity index (χ3v) is 7.57. The lowest BCUT2D eigenvalue weighted by molar-refractivity contribution is -0.0688. The molecule has 7 heteroatoms. The number of rotatable bonds is 3. The first-order valence-corrected chi connectivity index (χ1v) is 10.2. The van der Waals surface area contributed by atoms with E-state index in [-0.39, 0.29) is 28.4 Å². The van der Waals surface area contributed by atoms with Gasteiger partial charge in [0, 0.05) is 19.3 Å². The van der Waals surface area contributed by atoms with E-state index in [0.717, 1.165) is 17.8 Å². The number of nitrogens with one attached hydrogen (secondary N) is 2. The van der Waals surface area contributed by atoms with E-state index in [9.17, 15) is 14.4 Å². The lowest BCUT2D eigenvalue weighted by Crippen LogP contribution is -2.55. The molecule has 28 heavy (non-hydrogen) atoms. The van der Waals surface area contributed by atoms with Crippen molar-refractivity contribution in [3.8, 4) is 0 Å². The molecule has 2 heterocycles. The number of aromatic nitrogens is 3. The van der Waals surface area contributed by atoms with Gasteiger partial charge in [-0.1, -0.05) is 0 Å². The fourth-order valence-corrected chi connectivity index (χ4v) is 6.50. The molecule has 0 saturated heterocycles. The Balaban J connectivity index is 1.41. The Morgan fingerprint density at radius 1 is 1.21 bits per heavy atom. The van der Waals surface area contributed by atoms with Crippen LogP contribution in [0.5, 0.6) is 0 Å². The summed E-state index contributed by atoms with van der Waals surface area (Å²) in [5.74, 6) is 2.28. The smallest absolute Gasteiger partial charge is 0.329 e. The van der Waals surface area contributed by atoms with E-state index in [0.29, 0.717) is 5.56 Å². The van der Waals surface area contributed by atoms with Gasteiger partial charge in [0.25, 0.3) is 11.5 Å². The van der Waals surface area contributed by atoms with E-state index >= 15 is 0 Å². The van der Waals surface area contributed by atoms with Crippen LogP contribution in [0.3, 0.4) is 0 Å². The average Bonchev–Trinajstić information content (AvgIpc) is 2.64. The minimum Gasteiger partial charge on any atom is -0.349 e. The van der Waals surface area contributed by atoms with Gasteiger partial charge in [0.2, 0.25) is 0 Å². The second-order valence-corrected chi connectivity index (χ2v) is 9.39. The highest BCUT2D eigenvalue weighted by molar-refractivity contribution is 5.96. The summed E-state index contributed by atoms with van der Waals surface area (Å²) in [7, 11) is 1.54. The van der Waals surface area contributed by atoms with Crippen molar-refractivity contribution < 1.29 is 4.79 Å². The van der Waals surface area contributed by atoms with Gasteiger partial charge in [0.05, 0.1) is 10.9 Å². The number of hydrogen-bond acceptors (Lipinski definition) is 4. The Morgan fingerprint density at radius 3 is 2.43 bits per heavy atom. The van der Waals surface area contributed by atoms with Crippen LogP contribution in [0.25, 0.3) is 11.0 Å². The molecule has 2 aromatic heterocycles. The van der Waals surface area contributed by atoms with Crippen molar-refractivity contribution in [3.63, 3.8) is 0 Å². The Morgan fingerprint density at radius 2 is 1.82 bits per heavy atom. The zero-order valence-electron chi connectivity index (χ0n) is 16.3. The van der Waals surface area contributed by atoms with Crippen LogP contribution < -0.4 is 16.6 Å². The molecule has 2 N–H and O–H groups in total. The predicted octanol–water partition coefficient (Wildman–Crippen LogP) is 1.96. The summed E-state index contributed by atoms with van der Waals surface area (Å²) >= 11 is 0. The van der Waals surface area contributed by atoms with Gasteiger partial charge in [0.1, 0.15) is 5.65 Å². The number of carbonyl (C=O) groups is 1. The first-order valence-electron chi connectivity index (χ1n) is 10.2. The van der Waals surface area contributed by atoms with E-state index in [2.05, 4.69) is 22.2 Å². The third kappa shape index (κ3) is 2.63. The molecule has 0 unspecified atom stereocenters. The number of pyridine rings is 1. The van der Waals surface area contributed by atoms with Crippen LogP contribution in [0.1, 0.15) is 55.8 Å². The lowest BCUT2D eigenvalue weighted by atomic mass is 9.48. The van der Waals surface area contributed by atoms with Gasteiger partial charge in [-0.2, -0.15) is 0 Å². The van der Waals surface area contributed by atoms with Crippen LogP contribution in [0.4, 0.5) is 0 Å². The number of amides is 1. The normalized spacial score (nSPS) is 31.9. The molecule has 148 valence electrons. The summed E-state index contributed by atoms with van der Waals surface area (Å²) in [4.78, 5) is 43.2. The Kier molecular flexibility index (Phi) is 3.80. The summed E-state index contributed by atoms with van der Waals surface area (Å²) in [5, 5.41) is 3.45. The van der Waals surface area contributed by atoms with Crippen molar-refractivity contribution in [3.05, 3.63) is 38.7 Å². The number of aryl methyl sites for hydroxylation is 1. The van der Waals surface area contributed by atoms with Gasteiger partial charge < -0.3 is 5.32 Å². The number of carbonyl (C=O) groups excluding carboxylic acids is 1. The van der Waals surface area contributed by atoms with Gasteiger partial charge in [-0.05, 0) is 74.7 Å². The molecule has 1 amide bonds. The zero-order chi connectivity index (χ0) is 19.6. The quantitative estimate of drug-likeness (QED) is 0.848. The van der Waals surface area contributed by atoms with E-state index < -0.39 is 11.2 Å². The first-order chi connectivity index (χ1) is 13.3. The molecule has 4 bridgehead atoms. The summed E-state index contributed by atoms with van der Waals surface area (Å²) in [6, 6.07) is 1.63. The van der Waals surface area contributed by atoms with Crippen molar-refractivity contribution in [1.29, 1.82) is 0 Å². The van der Waals surface area contributed by atoms with Crippen molar-refractivity contribution in [2.75, 3.05) is 0 Å². The van der Waals surface area contributed by atoms with Crippen LogP contribution in [0.2, 0.25) is 0 Å². The Bertz CT molecular complexity index is 1050. The fourth-order valence-electron chi connectivity index (χ4n) is 6.50. The van der Waals surface area contributed by atoms with Crippen molar-refractivity contribution in [2.45, 2.75) is 51.5 Å². The van der Waals surface area contributed by atoms with Crippen LogP contribution in [-0.4, -0.2) is 26.5 Å². The average molecular weight is 382 g/mol. The Labute approximate surface area is 162 Å². The van der Waals surface area contributed by atoms with Gasteiger partial charge in [-0.25, -0.2) is 9.78 Å². The number of aromatic amines is 1. The van der Waals surface area contributed by atoms with Crippen molar-refractivity contribution >= 4 is 16.9 Å². The maximum atomic E-state index is 12.9. The van der Waals surface area contributed by atoms with Crippen molar-refractivity contribution in [1.82, 2.24) is 19.9 Å². The highest BCUT2D eigenvalue weighted by Gasteiger charge is 2.53. The van der Waals surface area contributed by atoms with Crippen LogP contribution in [0.15, 0.2) is 21.9 Å². The molecule has 1 atom stereocenters. The first kappa shape index (κ1) is 17.6. The van der Waals surface area contributed by atoms with Gasteiger partial charge in [-0.3, -0.25) is 19.1 Å². The van der Waals surface area contributed by atoms with E-state index in [1.165, 1.54) is 55.4 Å². The minimum atomic E-state index is -0.519. The predicted molar refractivity (Wildman–Crippen MR) is 105 cm³/mol. The van der Waals surface area contributed by atoms with Gasteiger partial charge in [0.15, 0.2) is 0 Å². The minimum absolute atomic E-state index is 0.0995. The fraction of sp³-hybridized carbons (Fsp3) is 0.619. The maximum Gasteiger partial charge on any atom is 0.329 e. The SMILES string of the molecule is C[C@@H](NC(=O)c1cnc2c(c1)c(=O)[nH]c(=O)n2C)C12CC3CC(CC(C3)C1)C2. The van der Waals surface area contributed by atoms with Crippen LogP contribution in [-0.2, 0) is 7.05 Å². The van der Waals surface area contributed by atoms with Gasteiger partial charge in [-0.15, -0.1) is 0 Å². The molecular weight excluding hydrogens is 356 g/mol. The molecule has 0 aromatic carbocycles. The van der Waals surface area contributed by atoms with Gasteiger partial charge >= 0.3 is 5.69 Å². The van der Waals surface area contributed by atoms with Crippen LogP contribution >= 0.6 is 0 Å². The van der Waals surface area contributed by atoms with E-state index in [1.807, 2.05) is 0 Å². The number of hydrogen-bond donors (Lipinski definition) is 2. The molecule has 0 spiro atoms. The number of nitrogens with zero attached hydrogens (tertiary/aromatic N) is 2. The molecule has 2 aromatic rings. The number of H-pyrrole nitrogens is 1.